The van der Waals surface area contributed by atoms with Crippen LogP contribution in [0.4, 0.5) is 5.13 Å². The average molecular weight is 194 g/mol. The fourth-order valence-corrected chi connectivity index (χ4v) is 1.92. The molecule has 0 unspecified atom stereocenters. The van der Waals surface area contributed by atoms with Crippen LogP contribution in [-0.2, 0) is 0 Å². The average Bonchev–Trinajstić information content (AvgIpc) is 2.72. The third-order valence-corrected chi connectivity index (χ3v) is 2.75. The largest absolute Gasteiger partial charge is 0.463 e. The molecule has 0 saturated carbocycles. The minimum absolute atomic E-state index is 0.829. The molecule has 0 radical (unpaired) electrons. The molecule has 0 saturated heterocycles. The van der Waals surface area contributed by atoms with Crippen molar-refractivity contribution in [3.05, 3.63) is 23.3 Å². The van der Waals surface area contributed by atoms with Crippen molar-refractivity contribution in [2.45, 2.75) is 6.92 Å². The van der Waals surface area contributed by atoms with E-state index in [4.69, 9.17) is 4.42 Å². The molecule has 4 heteroatoms. The fourth-order valence-electron chi connectivity index (χ4n) is 1.15. The Hall–Kier alpha value is -1.29. The maximum absolute atomic E-state index is 5.27. The number of furan rings is 1. The van der Waals surface area contributed by atoms with Gasteiger partial charge in [-0.1, -0.05) is 0 Å². The summed E-state index contributed by atoms with van der Waals surface area (Å²) < 4.78 is 5.27. The molecule has 0 fully saturated rings. The Morgan fingerprint density at radius 1 is 1.54 bits per heavy atom. The molecule has 0 aliphatic rings. The van der Waals surface area contributed by atoms with Crippen LogP contribution in [0, 0.1) is 6.92 Å². The Labute approximate surface area is 80.4 Å². The van der Waals surface area contributed by atoms with Crippen LogP contribution in [0.25, 0.3) is 11.5 Å². The Balaban J connectivity index is 2.46. The summed E-state index contributed by atoms with van der Waals surface area (Å²) >= 11 is 1.63. The van der Waals surface area contributed by atoms with Gasteiger partial charge < -0.3 is 9.73 Å². The first-order valence-corrected chi connectivity index (χ1v) is 4.82. The van der Waals surface area contributed by atoms with Crippen molar-refractivity contribution in [3.8, 4) is 11.5 Å². The molecule has 2 rings (SSSR count). The summed E-state index contributed by atoms with van der Waals surface area (Å²) in [4.78, 5) is 5.55. The summed E-state index contributed by atoms with van der Waals surface area (Å²) in [5, 5.41) is 3.94. The van der Waals surface area contributed by atoms with Crippen molar-refractivity contribution in [2.75, 3.05) is 12.4 Å². The lowest BCUT2D eigenvalue weighted by Gasteiger charge is -1.90. The molecule has 0 spiro atoms. The minimum atomic E-state index is 0.829. The number of aryl methyl sites for hydroxylation is 1. The zero-order valence-electron chi connectivity index (χ0n) is 7.50. The van der Waals surface area contributed by atoms with E-state index in [1.165, 1.54) is 4.88 Å². The third kappa shape index (κ3) is 1.45. The first-order valence-electron chi connectivity index (χ1n) is 4.00. The molecule has 0 atom stereocenters. The molecule has 1 N–H and O–H groups in total. The zero-order chi connectivity index (χ0) is 9.26. The maximum atomic E-state index is 5.27. The number of rotatable bonds is 2. The molecule has 2 heterocycles. The van der Waals surface area contributed by atoms with E-state index in [-0.39, 0.29) is 0 Å². The number of hydrogen-bond donors (Lipinski definition) is 1. The van der Waals surface area contributed by atoms with Crippen molar-refractivity contribution in [1.82, 2.24) is 4.98 Å². The summed E-state index contributed by atoms with van der Waals surface area (Å²) in [6.45, 7) is 2.04. The van der Waals surface area contributed by atoms with Crippen LogP contribution in [0.2, 0.25) is 0 Å². The Bertz CT molecular complexity index is 392. The van der Waals surface area contributed by atoms with Gasteiger partial charge >= 0.3 is 0 Å². The summed E-state index contributed by atoms with van der Waals surface area (Å²) in [5.41, 5.74) is 0.930. The van der Waals surface area contributed by atoms with Gasteiger partial charge in [-0.3, -0.25) is 0 Å². The molecule has 2 aromatic heterocycles. The van der Waals surface area contributed by atoms with Gasteiger partial charge in [0.05, 0.1) is 6.26 Å². The van der Waals surface area contributed by atoms with Gasteiger partial charge in [0, 0.05) is 11.9 Å². The number of aromatic nitrogens is 1. The Morgan fingerprint density at radius 2 is 2.38 bits per heavy atom. The molecule has 2 aromatic rings. The second-order valence-corrected chi connectivity index (χ2v) is 3.85. The monoisotopic (exact) mass is 194 g/mol. The van der Waals surface area contributed by atoms with Crippen molar-refractivity contribution in [1.29, 1.82) is 0 Å². The molecular weight excluding hydrogens is 184 g/mol. The summed E-state index contributed by atoms with van der Waals surface area (Å²) in [6.07, 6.45) is 1.66. The second-order valence-electron chi connectivity index (χ2n) is 2.65. The van der Waals surface area contributed by atoms with E-state index < -0.39 is 0 Å². The third-order valence-electron chi connectivity index (χ3n) is 1.77. The lowest BCUT2D eigenvalue weighted by molar-refractivity contribution is 0.580. The lowest BCUT2D eigenvalue weighted by atomic mass is 10.3. The molecule has 3 nitrogen and oxygen atoms in total. The Morgan fingerprint density at radius 3 is 2.92 bits per heavy atom. The number of anilines is 1. The molecule has 0 aliphatic heterocycles. The molecule has 0 bridgehead atoms. The predicted octanol–water partition coefficient (Wildman–Crippen LogP) is 2.75. The van der Waals surface area contributed by atoms with Gasteiger partial charge in [-0.2, -0.15) is 0 Å². The topological polar surface area (TPSA) is 38.1 Å². The first kappa shape index (κ1) is 8.31. The number of hydrogen-bond acceptors (Lipinski definition) is 4. The van der Waals surface area contributed by atoms with E-state index in [1.54, 1.807) is 17.6 Å². The van der Waals surface area contributed by atoms with E-state index in [0.717, 1.165) is 16.6 Å². The van der Waals surface area contributed by atoms with Gasteiger partial charge in [0.1, 0.15) is 5.69 Å². The molecule has 68 valence electrons. The van der Waals surface area contributed by atoms with Crippen LogP contribution in [0.1, 0.15) is 4.88 Å². The molecule has 0 aromatic carbocycles. The molecular formula is C9H10N2OS. The van der Waals surface area contributed by atoms with Crippen molar-refractivity contribution >= 4 is 16.5 Å². The predicted molar refractivity (Wildman–Crippen MR) is 54.1 cm³/mol. The van der Waals surface area contributed by atoms with Gasteiger partial charge in [0.25, 0.3) is 0 Å². The van der Waals surface area contributed by atoms with Gasteiger partial charge in [-0.05, 0) is 19.1 Å². The van der Waals surface area contributed by atoms with Crippen LogP contribution >= 0.6 is 11.3 Å². The molecule has 13 heavy (non-hydrogen) atoms. The van der Waals surface area contributed by atoms with Gasteiger partial charge in [-0.15, -0.1) is 11.3 Å². The summed E-state index contributed by atoms with van der Waals surface area (Å²) in [5.74, 6) is 0.829. The SMILES string of the molecule is CNc1nc(-c2ccco2)c(C)s1. The van der Waals surface area contributed by atoms with Crippen LogP contribution in [-0.4, -0.2) is 12.0 Å². The smallest absolute Gasteiger partial charge is 0.183 e. The van der Waals surface area contributed by atoms with Crippen LogP contribution < -0.4 is 5.32 Å². The minimum Gasteiger partial charge on any atom is -0.463 e. The van der Waals surface area contributed by atoms with Gasteiger partial charge in [0.2, 0.25) is 0 Å². The lowest BCUT2D eigenvalue weighted by Crippen LogP contribution is -1.85. The quantitative estimate of drug-likeness (QED) is 0.798. The van der Waals surface area contributed by atoms with Crippen molar-refractivity contribution in [2.24, 2.45) is 0 Å². The highest BCUT2D eigenvalue weighted by atomic mass is 32.1. The normalized spacial score (nSPS) is 10.3. The van der Waals surface area contributed by atoms with Crippen molar-refractivity contribution < 1.29 is 4.42 Å². The van der Waals surface area contributed by atoms with Crippen LogP contribution in [0.3, 0.4) is 0 Å². The van der Waals surface area contributed by atoms with Gasteiger partial charge in [-0.25, -0.2) is 4.98 Å². The summed E-state index contributed by atoms with van der Waals surface area (Å²) in [7, 11) is 1.87. The number of thiazole rings is 1. The highest BCUT2D eigenvalue weighted by Crippen LogP contribution is 2.29. The van der Waals surface area contributed by atoms with Gasteiger partial charge in [0.15, 0.2) is 10.9 Å². The Kier molecular flexibility index (Phi) is 2.06. The van der Waals surface area contributed by atoms with E-state index in [9.17, 15) is 0 Å². The van der Waals surface area contributed by atoms with Crippen molar-refractivity contribution in [3.63, 3.8) is 0 Å². The highest BCUT2D eigenvalue weighted by Gasteiger charge is 2.10. The standard InChI is InChI=1S/C9H10N2OS/c1-6-8(7-4-3-5-12-7)11-9(10-2)13-6/h3-5H,1-2H3,(H,10,11). The highest BCUT2D eigenvalue weighted by molar-refractivity contribution is 7.15. The van der Waals surface area contributed by atoms with E-state index in [0.29, 0.717) is 0 Å². The zero-order valence-corrected chi connectivity index (χ0v) is 8.31. The van der Waals surface area contributed by atoms with Crippen LogP contribution in [0.5, 0.6) is 0 Å². The number of nitrogens with one attached hydrogen (secondary N) is 1. The molecule has 0 amide bonds. The van der Waals surface area contributed by atoms with E-state index in [1.807, 2.05) is 26.1 Å². The van der Waals surface area contributed by atoms with Crippen LogP contribution in [0.15, 0.2) is 22.8 Å². The first-order chi connectivity index (χ1) is 6.31. The maximum Gasteiger partial charge on any atom is 0.183 e. The number of nitrogens with zero attached hydrogens (tertiary/aromatic N) is 1. The van der Waals surface area contributed by atoms with E-state index >= 15 is 0 Å². The fraction of sp³-hybridized carbons (Fsp3) is 0.222. The summed E-state index contributed by atoms with van der Waals surface area (Å²) in [6, 6.07) is 3.79. The second kappa shape index (κ2) is 3.22. The molecule has 0 aliphatic carbocycles. The van der Waals surface area contributed by atoms with E-state index in [2.05, 4.69) is 10.3 Å².